The van der Waals surface area contributed by atoms with Crippen LogP contribution in [0.15, 0.2) is 15.9 Å². The SMILES string of the molecule is O=C(CS(=O)C1CCCCC1)c1sccc1Br. The third-order valence-electron chi connectivity index (χ3n) is 3.07. The van der Waals surface area contributed by atoms with Gasteiger partial charge in [0, 0.05) is 20.5 Å². The summed E-state index contributed by atoms with van der Waals surface area (Å²) in [5.74, 6) is 0.194. The molecule has 1 unspecified atom stereocenters. The minimum Gasteiger partial charge on any atom is -0.292 e. The first-order chi connectivity index (χ1) is 8.18. The van der Waals surface area contributed by atoms with Crippen molar-refractivity contribution in [2.75, 3.05) is 5.75 Å². The van der Waals surface area contributed by atoms with Crippen LogP contribution in [0.3, 0.4) is 0 Å². The lowest BCUT2D eigenvalue weighted by atomic mass is 10.0. The second-order valence-corrected chi connectivity index (χ2v) is 7.79. The van der Waals surface area contributed by atoms with Gasteiger partial charge in [0.05, 0.1) is 10.6 Å². The molecule has 1 aliphatic carbocycles. The minimum atomic E-state index is -0.993. The number of carbonyl (C=O) groups excluding carboxylic acids is 1. The summed E-state index contributed by atoms with van der Waals surface area (Å²) in [4.78, 5) is 12.7. The van der Waals surface area contributed by atoms with Crippen molar-refractivity contribution >= 4 is 43.8 Å². The van der Waals surface area contributed by atoms with Gasteiger partial charge in [0.15, 0.2) is 5.78 Å². The average molecular weight is 335 g/mol. The molecule has 1 fully saturated rings. The van der Waals surface area contributed by atoms with Gasteiger partial charge >= 0.3 is 0 Å². The molecule has 2 nitrogen and oxygen atoms in total. The van der Waals surface area contributed by atoms with E-state index in [1.54, 1.807) is 0 Å². The predicted octanol–water partition coefficient (Wildman–Crippen LogP) is 3.77. The number of hydrogen-bond acceptors (Lipinski definition) is 3. The average Bonchev–Trinajstić information content (AvgIpc) is 2.76. The van der Waals surface area contributed by atoms with E-state index in [1.807, 2.05) is 11.4 Å². The maximum atomic E-state index is 12.1. The van der Waals surface area contributed by atoms with E-state index in [-0.39, 0.29) is 16.8 Å². The fraction of sp³-hybridized carbons (Fsp3) is 0.583. The molecule has 1 aliphatic rings. The summed E-state index contributed by atoms with van der Waals surface area (Å²) in [5, 5.41) is 2.12. The maximum absolute atomic E-state index is 12.1. The van der Waals surface area contributed by atoms with Crippen molar-refractivity contribution in [3.05, 3.63) is 20.8 Å². The zero-order chi connectivity index (χ0) is 12.3. The number of thiophene rings is 1. The largest absolute Gasteiger partial charge is 0.292 e. The molecular formula is C12H15BrO2S2. The summed E-state index contributed by atoms with van der Waals surface area (Å²) in [6, 6.07) is 1.86. The van der Waals surface area contributed by atoms with Gasteiger partial charge in [-0.1, -0.05) is 19.3 Å². The van der Waals surface area contributed by atoms with Gasteiger partial charge in [-0.2, -0.15) is 0 Å². The van der Waals surface area contributed by atoms with Crippen LogP contribution in [-0.2, 0) is 10.8 Å². The molecule has 1 atom stereocenters. The van der Waals surface area contributed by atoms with E-state index in [0.717, 1.165) is 30.2 Å². The van der Waals surface area contributed by atoms with Crippen molar-refractivity contribution in [2.45, 2.75) is 37.4 Å². The summed E-state index contributed by atoms with van der Waals surface area (Å²) >= 11 is 4.76. The second kappa shape index (κ2) is 6.25. The number of rotatable bonds is 4. The molecule has 0 N–H and O–H groups in total. The third kappa shape index (κ3) is 3.48. The molecule has 1 aromatic rings. The van der Waals surface area contributed by atoms with Crippen LogP contribution in [0.5, 0.6) is 0 Å². The van der Waals surface area contributed by atoms with Crippen LogP contribution in [0.25, 0.3) is 0 Å². The highest BCUT2D eigenvalue weighted by Crippen LogP contribution is 2.26. The number of halogens is 1. The summed E-state index contributed by atoms with van der Waals surface area (Å²) < 4.78 is 12.9. The molecular weight excluding hydrogens is 320 g/mol. The summed E-state index contributed by atoms with van der Waals surface area (Å²) in [6.07, 6.45) is 5.61. The van der Waals surface area contributed by atoms with Crippen molar-refractivity contribution in [3.63, 3.8) is 0 Å². The summed E-state index contributed by atoms with van der Waals surface area (Å²) in [7, 11) is -0.993. The van der Waals surface area contributed by atoms with E-state index in [2.05, 4.69) is 15.9 Å². The summed E-state index contributed by atoms with van der Waals surface area (Å²) in [5.41, 5.74) is 0. The molecule has 1 heterocycles. The van der Waals surface area contributed by atoms with E-state index < -0.39 is 10.8 Å². The first kappa shape index (κ1) is 13.4. The Labute approximate surface area is 116 Å². The van der Waals surface area contributed by atoms with Crippen LogP contribution in [0.4, 0.5) is 0 Å². The van der Waals surface area contributed by atoms with Crippen LogP contribution in [0.2, 0.25) is 0 Å². The van der Waals surface area contributed by atoms with Crippen LogP contribution < -0.4 is 0 Å². The van der Waals surface area contributed by atoms with Crippen molar-refractivity contribution in [1.82, 2.24) is 0 Å². The van der Waals surface area contributed by atoms with Crippen molar-refractivity contribution < 1.29 is 9.00 Å². The lowest BCUT2D eigenvalue weighted by Crippen LogP contribution is -2.24. The monoisotopic (exact) mass is 334 g/mol. The fourth-order valence-corrected chi connectivity index (χ4v) is 5.26. The topological polar surface area (TPSA) is 34.1 Å². The van der Waals surface area contributed by atoms with E-state index in [4.69, 9.17) is 0 Å². The first-order valence-corrected chi connectivity index (χ1v) is 8.87. The number of Topliss-reactive ketones (excluding diaryl/α,β-unsaturated/α-hetero) is 1. The molecule has 2 rings (SSSR count). The van der Waals surface area contributed by atoms with Crippen molar-refractivity contribution in [1.29, 1.82) is 0 Å². The fourth-order valence-electron chi connectivity index (χ4n) is 2.13. The van der Waals surface area contributed by atoms with E-state index in [9.17, 15) is 9.00 Å². The Morgan fingerprint density at radius 3 is 2.71 bits per heavy atom. The third-order valence-corrected chi connectivity index (χ3v) is 6.71. The highest BCUT2D eigenvalue weighted by Gasteiger charge is 2.23. The Kier molecular flexibility index (Phi) is 4.94. The molecule has 94 valence electrons. The van der Waals surface area contributed by atoms with E-state index in [0.29, 0.717) is 4.88 Å². The van der Waals surface area contributed by atoms with Crippen LogP contribution in [0, 0.1) is 0 Å². The van der Waals surface area contributed by atoms with Gasteiger partial charge in [0.25, 0.3) is 0 Å². The molecule has 0 saturated heterocycles. The van der Waals surface area contributed by atoms with Gasteiger partial charge in [-0.15, -0.1) is 11.3 Å². The van der Waals surface area contributed by atoms with Gasteiger partial charge in [0.1, 0.15) is 0 Å². The number of hydrogen-bond donors (Lipinski definition) is 0. The Bertz CT molecular complexity index is 422. The molecule has 0 amide bonds. The lowest BCUT2D eigenvalue weighted by molar-refractivity contribution is 0.102. The summed E-state index contributed by atoms with van der Waals surface area (Å²) in [6.45, 7) is 0. The van der Waals surface area contributed by atoms with Gasteiger partial charge in [-0.25, -0.2) is 0 Å². The molecule has 1 aromatic heterocycles. The number of carbonyl (C=O) groups is 1. The van der Waals surface area contributed by atoms with Crippen LogP contribution >= 0.6 is 27.3 Å². The number of ketones is 1. The molecule has 1 saturated carbocycles. The second-order valence-electron chi connectivity index (χ2n) is 4.31. The van der Waals surface area contributed by atoms with Gasteiger partial charge in [-0.05, 0) is 40.2 Å². The zero-order valence-corrected chi connectivity index (χ0v) is 12.7. The van der Waals surface area contributed by atoms with Crippen molar-refractivity contribution in [3.8, 4) is 0 Å². The first-order valence-electron chi connectivity index (χ1n) is 5.82. The predicted molar refractivity (Wildman–Crippen MR) is 76.2 cm³/mol. The van der Waals surface area contributed by atoms with Crippen LogP contribution in [0.1, 0.15) is 41.8 Å². The molecule has 0 aromatic carbocycles. The Morgan fingerprint density at radius 1 is 1.41 bits per heavy atom. The lowest BCUT2D eigenvalue weighted by Gasteiger charge is -2.20. The Morgan fingerprint density at radius 2 is 2.12 bits per heavy atom. The normalized spacial score (nSPS) is 19.1. The standard InChI is InChI=1S/C12H15BrO2S2/c13-10-6-7-16-12(10)11(14)8-17(15)9-4-2-1-3-5-9/h6-7,9H,1-5,8H2. The minimum absolute atomic E-state index is 0.00998. The van der Waals surface area contributed by atoms with E-state index in [1.165, 1.54) is 17.8 Å². The van der Waals surface area contributed by atoms with Crippen LogP contribution in [-0.4, -0.2) is 21.0 Å². The Balaban J connectivity index is 1.94. The Hall–Kier alpha value is -0.000000000000000111. The molecule has 0 bridgehead atoms. The molecule has 17 heavy (non-hydrogen) atoms. The molecule has 5 heteroatoms. The van der Waals surface area contributed by atoms with Gasteiger partial charge in [-0.3, -0.25) is 9.00 Å². The molecule has 0 radical (unpaired) electrons. The highest BCUT2D eigenvalue weighted by molar-refractivity contribution is 9.10. The van der Waals surface area contributed by atoms with Gasteiger partial charge in [0.2, 0.25) is 0 Å². The molecule has 0 spiro atoms. The molecule has 0 aliphatic heterocycles. The smallest absolute Gasteiger partial charge is 0.186 e. The van der Waals surface area contributed by atoms with E-state index >= 15 is 0 Å². The quantitative estimate of drug-likeness (QED) is 0.785. The zero-order valence-electron chi connectivity index (χ0n) is 9.49. The maximum Gasteiger partial charge on any atom is 0.186 e. The highest BCUT2D eigenvalue weighted by atomic mass is 79.9. The van der Waals surface area contributed by atoms with Crippen molar-refractivity contribution in [2.24, 2.45) is 0 Å². The van der Waals surface area contributed by atoms with Gasteiger partial charge < -0.3 is 0 Å².